The molecule has 0 spiro atoms. The van der Waals surface area contributed by atoms with E-state index in [1.807, 2.05) is 0 Å². The molecule has 2 aromatic rings. The van der Waals surface area contributed by atoms with Crippen LogP contribution in [0, 0.1) is 4.84 Å². The Morgan fingerprint density at radius 2 is 1.94 bits per heavy atom. The Balaban J connectivity index is 2.08. The van der Waals surface area contributed by atoms with Crippen LogP contribution in [0.1, 0.15) is 0 Å². The molecule has 96 valence electrons. The molecule has 0 aliphatic heterocycles. The zero-order valence-electron chi connectivity index (χ0n) is 8.82. The number of benzene rings is 1. The van der Waals surface area contributed by atoms with Crippen LogP contribution in [-0.4, -0.2) is 23.0 Å². The van der Waals surface area contributed by atoms with E-state index < -0.39 is 12.8 Å². The fourth-order valence-electron chi connectivity index (χ4n) is 1.21. The first-order valence-electron chi connectivity index (χ1n) is 4.79. The lowest BCUT2D eigenvalue weighted by atomic mass is 10.2. The lowest BCUT2D eigenvalue weighted by Gasteiger charge is -2.08. The van der Waals surface area contributed by atoms with Crippen LogP contribution in [0.15, 0.2) is 28.7 Å². The van der Waals surface area contributed by atoms with Gasteiger partial charge in [-0.15, -0.1) is 5.10 Å². The van der Waals surface area contributed by atoms with Crippen molar-refractivity contribution in [2.45, 2.75) is 6.18 Å². The summed E-state index contributed by atoms with van der Waals surface area (Å²) < 4.78 is 45.4. The maximum absolute atomic E-state index is 11.9. The van der Waals surface area contributed by atoms with Crippen molar-refractivity contribution in [1.82, 2.24) is 10.2 Å². The van der Waals surface area contributed by atoms with Crippen LogP contribution >= 0.6 is 12.2 Å². The second-order valence-corrected chi connectivity index (χ2v) is 3.72. The first-order valence-corrected chi connectivity index (χ1v) is 5.20. The molecule has 0 unspecified atom stereocenters. The van der Waals surface area contributed by atoms with Gasteiger partial charge in [0.15, 0.2) is 6.61 Å². The summed E-state index contributed by atoms with van der Waals surface area (Å²) in [6.07, 6.45) is -4.35. The maximum atomic E-state index is 11.9. The summed E-state index contributed by atoms with van der Waals surface area (Å²) in [5.41, 5.74) is 0.585. The lowest BCUT2D eigenvalue weighted by molar-refractivity contribution is -0.153. The van der Waals surface area contributed by atoms with Gasteiger partial charge in [0.1, 0.15) is 5.75 Å². The van der Waals surface area contributed by atoms with Gasteiger partial charge in [0.2, 0.25) is 5.89 Å². The second kappa shape index (κ2) is 4.81. The van der Waals surface area contributed by atoms with Crippen molar-refractivity contribution in [1.29, 1.82) is 0 Å². The van der Waals surface area contributed by atoms with E-state index in [9.17, 15) is 13.2 Å². The lowest BCUT2D eigenvalue weighted by Crippen LogP contribution is -2.19. The molecule has 18 heavy (non-hydrogen) atoms. The minimum absolute atomic E-state index is 0.116. The Hall–Kier alpha value is -1.83. The largest absolute Gasteiger partial charge is 0.484 e. The van der Waals surface area contributed by atoms with Crippen molar-refractivity contribution in [2.75, 3.05) is 6.61 Å². The molecule has 0 saturated carbocycles. The first-order chi connectivity index (χ1) is 8.44. The second-order valence-electron chi connectivity index (χ2n) is 3.35. The molecule has 0 bridgehead atoms. The van der Waals surface area contributed by atoms with Gasteiger partial charge in [0.05, 0.1) is 0 Å². The summed E-state index contributed by atoms with van der Waals surface area (Å²) >= 11 is 4.71. The van der Waals surface area contributed by atoms with E-state index in [0.717, 1.165) is 0 Å². The van der Waals surface area contributed by atoms with Crippen molar-refractivity contribution >= 4 is 12.2 Å². The Bertz CT molecular complexity index is 574. The minimum atomic E-state index is -4.35. The molecule has 0 aliphatic carbocycles. The molecule has 1 heterocycles. The number of ether oxygens (including phenoxy) is 1. The zero-order valence-corrected chi connectivity index (χ0v) is 9.64. The zero-order chi connectivity index (χ0) is 13.2. The number of nitrogens with zero attached hydrogens (tertiary/aromatic N) is 1. The van der Waals surface area contributed by atoms with Gasteiger partial charge in [-0.3, -0.25) is 0 Å². The molecule has 8 heteroatoms. The van der Waals surface area contributed by atoms with E-state index in [1.165, 1.54) is 24.3 Å². The molecule has 4 nitrogen and oxygen atoms in total. The van der Waals surface area contributed by atoms with Gasteiger partial charge in [-0.05, 0) is 36.5 Å². The number of nitrogens with one attached hydrogen (secondary N) is 1. The van der Waals surface area contributed by atoms with E-state index in [4.69, 9.17) is 16.6 Å². The number of aromatic nitrogens is 2. The van der Waals surface area contributed by atoms with Gasteiger partial charge >= 0.3 is 6.18 Å². The number of hydrogen-bond acceptors (Lipinski definition) is 4. The number of alkyl halides is 3. The van der Waals surface area contributed by atoms with Gasteiger partial charge in [0.25, 0.3) is 4.84 Å². The van der Waals surface area contributed by atoms with E-state index >= 15 is 0 Å². The molecular weight excluding hydrogens is 269 g/mol. The van der Waals surface area contributed by atoms with E-state index in [-0.39, 0.29) is 16.5 Å². The highest BCUT2D eigenvalue weighted by atomic mass is 32.1. The average Bonchev–Trinajstić information content (AvgIpc) is 2.73. The molecule has 2 rings (SSSR count). The smallest absolute Gasteiger partial charge is 0.422 e. The number of halogens is 3. The summed E-state index contributed by atoms with van der Waals surface area (Å²) in [6, 6.07) is 5.85. The van der Waals surface area contributed by atoms with Gasteiger partial charge in [0, 0.05) is 5.56 Å². The third-order valence-electron chi connectivity index (χ3n) is 1.94. The molecule has 0 aliphatic rings. The standard InChI is InChI=1S/C10H7F3N2O2S/c11-10(12,13)5-16-7-3-1-6(2-4-7)8-14-15-9(18)17-8/h1-4H,5H2,(H,15,18). The minimum Gasteiger partial charge on any atom is -0.484 e. The molecule has 1 aromatic carbocycles. The molecule has 0 amide bonds. The fourth-order valence-corrected chi connectivity index (χ4v) is 1.34. The highest BCUT2D eigenvalue weighted by Gasteiger charge is 2.28. The van der Waals surface area contributed by atoms with Crippen molar-refractivity contribution in [3.05, 3.63) is 29.1 Å². The highest BCUT2D eigenvalue weighted by Crippen LogP contribution is 2.22. The Morgan fingerprint density at radius 1 is 1.28 bits per heavy atom. The SMILES string of the molecule is FC(F)(F)COc1ccc(-c2n[nH]c(=S)o2)cc1. The van der Waals surface area contributed by atoms with Crippen molar-refractivity contribution in [3.63, 3.8) is 0 Å². The molecule has 0 atom stereocenters. The van der Waals surface area contributed by atoms with Crippen LogP contribution in [0.5, 0.6) is 5.75 Å². The van der Waals surface area contributed by atoms with Crippen LogP contribution in [0.25, 0.3) is 11.5 Å². The number of rotatable bonds is 3. The van der Waals surface area contributed by atoms with Gasteiger partial charge in [-0.2, -0.15) is 13.2 Å². The van der Waals surface area contributed by atoms with E-state index in [1.54, 1.807) is 0 Å². The normalized spacial score (nSPS) is 11.5. The van der Waals surface area contributed by atoms with Crippen LogP contribution in [0.3, 0.4) is 0 Å². The molecule has 1 N–H and O–H groups in total. The summed E-state index contributed by atoms with van der Waals surface area (Å²) in [5.74, 6) is 0.382. The van der Waals surface area contributed by atoms with Gasteiger partial charge < -0.3 is 9.15 Å². The number of H-pyrrole nitrogens is 1. The predicted octanol–water partition coefficient (Wildman–Crippen LogP) is 3.34. The molecular formula is C10H7F3N2O2S. The molecule has 1 aromatic heterocycles. The van der Waals surface area contributed by atoms with Crippen LogP contribution in [-0.2, 0) is 0 Å². The number of aromatic amines is 1. The summed E-state index contributed by atoms with van der Waals surface area (Å²) in [7, 11) is 0. The third kappa shape index (κ3) is 3.33. The van der Waals surface area contributed by atoms with E-state index in [0.29, 0.717) is 5.56 Å². The first kappa shape index (κ1) is 12.6. The highest BCUT2D eigenvalue weighted by molar-refractivity contribution is 7.71. The molecule has 0 fully saturated rings. The number of hydrogen-bond donors (Lipinski definition) is 1. The topological polar surface area (TPSA) is 51.0 Å². The van der Waals surface area contributed by atoms with Gasteiger partial charge in [-0.1, -0.05) is 0 Å². The van der Waals surface area contributed by atoms with Crippen LogP contribution < -0.4 is 4.74 Å². The van der Waals surface area contributed by atoms with E-state index in [2.05, 4.69) is 14.9 Å². The average molecular weight is 276 g/mol. The Kier molecular flexibility index (Phi) is 3.37. The predicted molar refractivity (Wildman–Crippen MR) is 58.7 cm³/mol. The summed E-state index contributed by atoms with van der Waals surface area (Å²) in [4.78, 5) is 0.127. The van der Waals surface area contributed by atoms with Crippen molar-refractivity contribution in [3.8, 4) is 17.2 Å². The fraction of sp³-hybridized carbons (Fsp3) is 0.200. The van der Waals surface area contributed by atoms with Gasteiger partial charge in [-0.25, -0.2) is 5.10 Å². The Labute approximate surface area is 104 Å². The van der Waals surface area contributed by atoms with Crippen molar-refractivity contribution in [2.24, 2.45) is 0 Å². The summed E-state index contributed by atoms with van der Waals surface area (Å²) in [6.45, 7) is -1.32. The van der Waals surface area contributed by atoms with Crippen molar-refractivity contribution < 1.29 is 22.3 Å². The van der Waals surface area contributed by atoms with Crippen LogP contribution in [0.2, 0.25) is 0 Å². The van der Waals surface area contributed by atoms with Crippen LogP contribution in [0.4, 0.5) is 13.2 Å². The third-order valence-corrected chi connectivity index (χ3v) is 2.12. The monoisotopic (exact) mass is 276 g/mol. The molecule has 0 radical (unpaired) electrons. The maximum Gasteiger partial charge on any atom is 0.422 e. The molecule has 0 saturated heterocycles. The Morgan fingerprint density at radius 3 is 2.44 bits per heavy atom. The summed E-state index contributed by atoms with van der Waals surface area (Å²) in [5, 5.41) is 6.23. The quantitative estimate of drug-likeness (QED) is 0.873.